The minimum absolute atomic E-state index is 0.0610. The molecule has 0 aliphatic carbocycles. The maximum Gasteiger partial charge on any atom is 0.197 e. The molecule has 3 aromatic rings. The highest BCUT2D eigenvalue weighted by Gasteiger charge is 2.16. The zero-order valence-electron chi connectivity index (χ0n) is 9.26. The van der Waals surface area contributed by atoms with Gasteiger partial charge < -0.3 is 0 Å². The molecule has 0 aliphatic rings. The summed E-state index contributed by atoms with van der Waals surface area (Å²) in [4.78, 5) is 16.0. The van der Waals surface area contributed by atoms with Crippen LogP contribution in [-0.2, 0) is 0 Å². The summed E-state index contributed by atoms with van der Waals surface area (Å²) in [5, 5.41) is 2.92. The number of hydrogen-bond acceptors (Lipinski definition) is 3. The van der Waals surface area contributed by atoms with Crippen molar-refractivity contribution in [3.8, 4) is 0 Å². The van der Waals surface area contributed by atoms with Gasteiger partial charge in [0.1, 0.15) is 0 Å². The number of carbonyl (C=O) groups excluding carboxylic acids is 1. The zero-order chi connectivity index (χ0) is 12.5. The van der Waals surface area contributed by atoms with Crippen molar-refractivity contribution < 1.29 is 9.18 Å². The molecule has 0 spiro atoms. The molecule has 0 bridgehead atoms. The van der Waals surface area contributed by atoms with Gasteiger partial charge in [-0.15, -0.1) is 11.3 Å². The van der Waals surface area contributed by atoms with E-state index >= 15 is 0 Å². The Morgan fingerprint density at radius 3 is 2.89 bits per heavy atom. The van der Waals surface area contributed by atoms with Crippen molar-refractivity contribution in [2.75, 3.05) is 0 Å². The molecule has 1 aromatic carbocycles. The number of halogens is 1. The number of fused-ring (bicyclic) bond motifs is 1. The lowest BCUT2D eigenvalue weighted by Crippen LogP contribution is -2.04. The Labute approximate surface area is 107 Å². The normalized spacial score (nSPS) is 10.7. The van der Waals surface area contributed by atoms with Gasteiger partial charge in [-0.3, -0.25) is 9.78 Å². The first kappa shape index (κ1) is 11.0. The predicted molar refractivity (Wildman–Crippen MR) is 69.5 cm³/mol. The Bertz CT molecular complexity index is 735. The van der Waals surface area contributed by atoms with Gasteiger partial charge in [-0.25, -0.2) is 4.39 Å². The number of benzene rings is 1. The monoisotopic (exact) mass is 257 g/mol. The van der Waals surface area contributed by atoms with Crippen LogP contribution in [0.5, 0.6) is 0 Å². The minimum Gasteiger partial charge on any atom is -0.288 e. The van der Waals surface area contributed by atoms with Crippen LogP contribution < -0.4 is 0 Å². The number of rotatable bonds is 2. The summed E-state index contributed by atoms with van der Waals surface area (Å²) in [6.45, 7) is 0. The van der Waals surface area contributed by atoms with E-state index in [1.807, 2.05) is 17.5 Å². The van der Waals surface area contributed by atoms with E-state index in [2.05, 4.69) is 4.98 Å². The lowest BCUT2D eigenvalue weighted by atomic mass is 10.0. The van der Waals surface area contributed by atoms with Crippen LogP contribution in [0.4, 0.5) is 4.39 Å². The standard InChI is InChI=1S/C14H8FNOS/c15-12-8-16-6-4-10(12)13(17)11-3-1-2-9-5-7-18-14(9)11/h1-8H. The van der Waals surface area contributed by atoms with E-state index in [0.29, 0.717) is 5.56 Å². The van der Waals surface area contributed by atoms with Crippen molar-refractivity contribution in [1.29, 1.82) is 0 Å². The average Bonchev–Trinajstić information content (AvgIpc) is 2.86. The Morgan fingerprint density at radius 2 is 2.06 bits per heavy atom. The van der Waals surface area contributed by atoms with Crippen molar-refractivity contribution in [2.24, 2.45) is 0 Å². The molecule has 2 nitrogen and oxygen atoms in total. The summed E-state index contributed by atoms with van der Waals surface area (Å²) in [5.41, 5.74) is 0.596. The summed E-state index contributed by atoms with van der Waals surface area (Å²) < 4.78 is 14.5. The van der Waals surface area contributed by atoms with E-state index in [0.717, 1.165) is 16.3 Å². The van der Waals surface area contributed by atoms with Crippen LogP contribution in [0.1, 0.15) is 15.9 Å². The number of aromatic nitrogens is 1. The van der Waals surface area contributed by atoms with Crippen molar-refractivity contribution in [1.82, 2.24) is 4.98 Å². The second-order valence-electron chi connectivity index (χ2n) is 3.83. The Morgan fingerprint density at radius 1 is 1.17 bits per heavy atom. The second-order valence-corrected chi connectivity index (χ2v) is 4.75. The first-order valence-corrected chi connectivity index (χ1v) is 6.26. The van der Waals surface area contributed by atoms with Crippen LogP contribution in [0.15, 0.2) is 48.1 Å². The first-order chi connectivity index (χ1) is 8.77. The molecular weight excluding hydrogens is 249 g/mol. The predicted octanol–water partition coefficient (Wildman–Crippen LogP) is 3.67. The number of ketones is 1. The van der Waals surface area contributed by atoms with Gasteiger partial charge in [-0.1, -0.05) is 12.1 Å². The summed E-state index contributed by atoms with van der Waals surface area (Å²) in [6.07, 6.45) is 2.48. The molecule has 0 unspecified atom stereocenters. The average molecular weight is 257 g/mol. The van der Waals surface area contributed by atoms with Crippen molar-refractivity contribution in [3.63, 3.8) is 0 Å². The summed E-state index contributed by atoms with van der Waals surface area (Å²) >= 11 is 1.48. The van der Waals surface area contributed by atoms with Crippen LogP contribution in [0.25, 0.3) is 10.1 Å². The Hall–Kier alpha value is -2.07. The third kappa shape index (κ3) is 1.71. The molecule has 0 saturated heterocycles. The molecule has 88 valence electrons. The van der Waals surface area contributed by atoms with Gasteiger partial charge in [0.15, 0.2) is 11.6 Å². The molecule has 3 rings (SSSR count). The molecule has 0 saturated carbocycles. The van der Waals surface area contributed by atoms with Gasteiger partial charge in [0.05, 0.1) is 11.8 Å². The molecule has 0 radical (unpaired) electrons. The van der Waals surface area contributed by atoms with Gasteiger partial charge in [0.25, 0.3) is 0 Å². The summed E-state index contributed by atoms with van der Waals surface area (Å²) in [7, 11) is 0. The lowest BCUT2D eigenvalue weighted by molar-refractivity contribution is 0.103. The van der Waals surface area contributed by atoms with Gasteiger partial charge in [-0.05, 0) is 29.0 Å². The topological polar surface area (TPSA) is 30.0 Å². The Balaban J connectivity index is 2.18. The number of hydrogen-bond donors (Lipinski definition) is 0. The smallest absolute Gasteiger partial charge is 0.197 e. The number of pyridine rings is 1. The summed E-state index contributed by atoms with van der Waals surface area (Å²) in [5.74, 6) is -0.890. The molecule has 0 atom stereocenters. The van der Waals surface area contributed by atoms with E-state index in [-0.39, 0.29) is 11.3 Å². The highest BCUT2D eigenvalue weighted by Crippen LogP contribution is 2.26. The quantitative estimate of drug-likeness (QED) is 0.656. The van der Waals surface area contributed by atoms with Crippen LogP contribution in [0.3, 0.4) is 0 Å². The maximum absolute atomic E-state index is 13.6. The molecule has 0 amide bonds. The minimum atomic E-state index is -0.587. The highest BCUT2D eigenvalue weighted by molar-refractivity contribution is 7.17. The number of thiophene rings is 1. The third-order valence-electron chi connectivity index (χ3n) is 2.74. The van der Waals surface area contributed by atoms with E-state index in [4.69, 9.17) is 0 Å². The molecular formula is C14H8FNOS. The van der Waals surface area contributed by atoms with Crippen LogP contribution in [-0.4, -0.2) is 10.8 Å². The zero-order valence-corrected chi connectivity index (χ0v) is 10.1. The number of carbonyl (C=O) groups is 1. The molecule has 0 fully saturated rings. The van der Waals surface area contributed by atoms with E-state index in [1.165, 1.54) is 23.6 Å². The maximum atomic E-state index is 13.6. The number of nitrogens with zero attached hydrogens (tertiary/aromatic N) is 1. The largest absolute Gasteiger partial charge is 0.288 e. The van der Waals surface area contributed by atoms with Gasteiger partial charge in [0.2, 0.25) is 0 Å². The SMILES string of the molecule is O=C(c1ccncc1F)c1cccc2ccsc12. The van der Waals surface area contributed by atoms with Crippen molar-refractivity contribution in [3.05, 3.63) is 65.0 Å². The fraction of sp³-hybridized carbons (Fsp3) is 0. The van der Waals surface area contributed by atoms with Crippen LogP contribution >= 0.6 is 11.3 Å². The fourth-order valence-electron chi connectivity index (χ4n) is 1.88. The van der Waals surface area contributed by atoms with Gasteiger partial charge >= 0.3 is 0 Å². The van der Waals surface area contributed by atoms with E-state index < -0.39 is 5.82 Å². The van der Waals surface area contributed by atoms with Crippen molar-refractivity contribution in [2.45, 2.75) is 0 Å². The fourth-order valence-corrected chi connectivity index (χ4v) is 2.79. The van der Waals surface area contributed by atoms with Crippen LogP contribution in [0, 0.1) is 5.82 Å². The highest BCUT2D eigenvalue weighted by atomic mass is 32.1. The molecule has 18 heavy (non-hydrogen) atoms. The van der Waals surface area contributed by atoms with E-state index in [9.17, 15) is 9.18 Å². The van der Waals surface area contributed by atoms with Gasteiger partial charge in [0, 0.05) is 16.5 Å². The van der Waals surface area contributed by atoms with E-state index in [1.54, 1.807) is 12.1 Å². The van der Waals surface area contributed by atoms with Gasteiger partial charge in [-0.2, -0.15) is 0 Å². The summed E-state index contributed by atoms with van der Waals surface area (Å²) in [6, 6.07) is 8.82. The lowest BCUT2D eigenvalue weighted by Gasteiger charge is -2.03. The Kier molecular flexibility index (Phi) is 2.64. The second kappa shape index (κ2) is 4.31. The van der Waals surface area contributed by atoms with Crippen molar-refractivity contribution >= 4 is 27.2 Å². The molecule has 2 aromatic heterocycles. The molecule has 4 heteroatoms. The first-order valence-electron chi connectivity index (χ1n) is 5.38. The third-order valence-corrected chi connectivity index (χ3v) is 3.70. The van der Waals surface area contributed by atoms with Crippen LogP contribution in [0.2, 0.25) is 0 Å². The molecule has 2 heterocycles. The molecule has 0 aliphatic heterocycles. The molecule has 0 N–H and O–H groups in total.